The maximum atomic E-state index is 11.4. The lowest BCUT2D eigenvalue weighted by Gasteiger charge is -2.30. The highest BCUT2D eigenvalue weighted by Gasteiger charge is 2.15. The van der Waals surface area contributed by atoms with Crippen LogP contribution < -0.4 is 5.32 Å². The summed E-state index contributed by atoms with van der Waals surface area (Å²) in [6.07, 6.45) is 0. The predicted octanol–water partition coefficient (Wildman–Crippen LogP) is 2.85. The Labute approximate surface area is 174 Å². The van der Waals surface area contributed by atoms with Gasteiger partial charge in [-0.15, -0.1) is 0 Å². The number of hydrogen-bond acceptors (Lipinski definition) is 4. The molecule has 1 N–H and O–H groups in total. The molecule has 0 aliphatic heterocycles. The second-order valence-corrected chi connectivity index (χ2v) is 8.99. The molecule has 0 radical (unpaired) electrons. The summed E-state index contributed by atoms with van der Waals surface area (Å²) in [6, 6.07) is 16.2. The fourth-order valence-electron chi connectivity index (χ4n) is 2.48. The molecule has 2 rings (SSSR count). The van der Waals surface area contributed by atoms with Gasteiger partial charge in [0.1, 0.15) is 16.7 Å². The van der Waals surface area contributed by atoms with E-state index in [0.717, 1.165) is 23.1 Å². The van der Waals surface area contributed by atoms with Crippen LogP contribution in [0.4, 0.5) is 0 Å². The molecule has 0 spiro atoms. The van der Waals surface area contributed by atoms with Crippen LogP contribution in [-0.4, -0.2) is 50.5 Å². The van der Waals surface area contributed by atoms with Crippen molar-refractivity contribution in [2.45, 2.75) is 25.3 Å². The first-order valence-corrected chi connectivity index (χ1v) is 10.6. The molecule has 2 aromatic carbocycles. The summed E-state index contributed by atoms with van der Waals surface area (Å²) < 4.78 is 32.0. The highest BCUT2D eigenvalue weighted by molar-refractivity contribution is 7.85. The molecule has 0 saturated carbocycles. The highest BCUT2D eigenvalue weighted by Crippen LogP contribution is 2.09. The minimum atomic E-state index is -4.27. The van der Waals surface area contributed by atoms with Crippen LogP contribution in [0.2, 0.25) is 0 Å². The Hall–Kier alpha value is -2.48. The number of benzene rings is 2. The van der Waals surface area contributed by atoms with Gasteiger partial charge in [-0.2, -0.15) is 0 Å². The maximum absolute atomic E-state index is 11.4. The highest BCUT2D eigenvalue weighted by atomic mass is 32.2. The van der Waals surface area contributed by atoms with E-state index >= 15 is 0 Å². The average molecular weight is 419 g/mol. The Morgan fingerprint density at radius 2 is 1.62 bits per heavy atom. The van der Waals surface area contributed by atoms with Crippen LogP contribution >= 0.6 is 0 Å². The van der Waals surface area contributed by atoms with Crippen molar-refractivity contribution >= 4 is 16.0 Å². The third-order valence-electron chi connectivity index (χ3n) is 4.15. The molecule has 0 aromatic heterocycles. The van der Waals surface area contributed by atoms with Crippen molar-refractivity contribution in [3.63, 3.8) is 0 Å². The van der Waals surface area contributed by atoms with E-state index in [0.29, 0.717) is 12.1 Å². The summed E-state index contributed by atoms with van der Waals surface area (Å²) in [6.45, 7) is 9.69. The van der Waals surface area contributed by atoms with Crippen molar-refractivity contribution in [3.8, 4) is 0 Å². The molecule has 0 aliphatic rings. The molecule has 1 amide bonds. The average Bonchev–Trinajstić information content (AvgIpc) is 2.62. The van der Waals surface area contributed by atoms with E-state index in [-0.39, 0.29) is 10.8 Å². The maximum Gasteiger partial charge on any atom is 0.246 e. The number of hydrogen-bond donors (Lipinski definition) is 1. The number of carbonyl (C=O) groups excluding carboxylic acids is 1. The van der Waals surface area contributed by atoms with E-state index in [4.69, 9.17) is 0 Å². The minimum absolute atomic E-state index is 0.0605. The molecule has 0 bridgehead atoms. The lowest BCUT2D eigenvalue weighted by molar-refractivity contribution is -0.902. The fraction of sp³-hybridized carbons (Fsp3) is 0.318. The van der Waals surface area contributed by atoms with Crippen molar-refractivity contribution < 1.29 is 22.2 Å². The summed E-state index contributed by atoms with van der Waals surface area (Å²) >= 11 is 0. The van der Waals surface area contributed by atoms with Gasteiger partial charge in [-0.05, 0) is 26.0 Å². The molecule has 0 heterocycles. The number of nitrogens with zero attached hydrogens (tertiary/aromatic N) is 1. The number of amides is 1. The van der Waals surface area contributed by atoms with Gasteiger partial charge >= 0.3 is 0 Å². The van der Waals surface area contributed by atoms with Crippen LogP contribution in [-0.2, 0) is 21.5 Å². The molecule has 0 saturated heterocycles. The topological polar surface area (TPSA) is 86.3 Å². The Bertz CT molecular complexity index is 906. The summed E-state index contributed by atoms with van der Waals surface area (Å²) in [5.74, 6) is -0.0605. The van der Waals surface area contributed by atoms with Gasteiger partial charge in [0, 0.05) is 11.1 Å². The standard InChI is InChI=1S/C15H22N2O.C7H8O3S/c1-13(2)15(18)16-10-11-17(3,4)12-14-8-6-5-7-9-14;1-6-2-4-7(5-3-6)11(8,9)10/h5-9H,1,10-12H2,2-4H3;2-5H,1H3,(H,8,9,10). The number of aryl methyl sites for hydroxylation is 1. The van der Waals surface area contributed by atoms with Crippen molar-refractivity contribution in [1.29, 1.82) is 0 Å². The van der Waals surface area contributed by atoms with Gasteiger partial charge in [-0.3, -0.25) is 4.79 Å². The number of quaternary nitrogens is 1. The third kappa shape index (κ3) is 10.0. The summed E-state index contributed by atoms with van der Waals surface area (Å²) in [5, 5.41) is 2.87. The van der Waals surface area contributed by atoms with Crippen molar-refractivity contribution in [2.75, 3.05) is 27.2 Å². The number of carbonyl (C=O) groups is 1. The van der Waals surface area contributed by atoms with Crippen molar-refractivity contribution in [3.05, 3.63) is 77.9 Å². The molecular formula is C22H30N2O4S. The largest absolute Gasteiger partial charge is 0.744 e. The number of rotatable bonds is 7. The zero-order chi connectivity index (χ0) is 22.1. The van der Waals surface area contributed by atoms with Gasteiger partial charge in [-0.1, -0.05) is 54.6 Å². The van der Waals surface area contributed by atoms with Gasteiger partial charge in [0.25, 0.3) is 0 Å². The predicted molar refractivity (Wildman–Crippen MR) is 114 cm³/mol. The Kier molecular flexibility index (Phi) is 9.23. The normalized spacial score (nSPS) is 11.2. The summed E-state index contributed by atoms with van der Waals surface area (Å²) in [7, 11) is 0.0636. The lowest BCUT2D eigenvalue weighted by atomic mass is 10.2. The van der Waals surface area contributed by atoms with Crippen LogP contribution in [0.1, 0.15) is 18.1 Å². The first kappa shape index (κ1) is 24.6. The first-order chi connectivity index (χ1) is 13.4. The molecule has 0 atom stereocenters. The molecule has 0 fully saturated rings. The monoisotopic (exact) mass is 418 g/mol. The summed E-state index contributed by atoms with van der Waals surface area (Å²) in [4.78, 5) is 11.2. The lowest BCUT2D eigenvalue weighted by Crippen LogP contribution is -2.44. The molecule has 6 nitrogen and oxygen atoms in total. The second kappa shape index (κ2) is 10.9. The van der Waals surface area contributed by atoms with E-state index < -0.39 is 10.1 Å². The van der Waals surface area contributed by atoms with Crippen LogP contribution in [0.15, 0.2) is 71.6 Å². The van der Waals surface area contributed by atoms with Gasteiger partial charge in [0.15, 0.2) is 0 Å². The molecule has 2 aromatic rings. The van der Waals surface area contributed by atoms with E-state index in [2.05, 4.69) is 50.3 Å². The Morgan fingerprint density at radius 3 is 2.10 bits per heavy atom. The molecule has 0 unspecified atom stereocenters. The van der Waals surface area contributed by atoms with Crippen LogP contribution in [0.3, 0.4) is 0 Å². The van der Waals surface area contributed by atoms with Crippen LogP contribution in [0.25, 0.3) is 0 Å². The van der Waals surface area contributed by atoms with Gasteiger partial charge in [-0.25, -0.2) is 8.42 Å². The molecule has 7 heteroatoms. The summed E-state index contributed by atoms with van der Waals surface area (Å²) in [5.41, 5.74) is 2.80. The van der Waals surface area contributed by atoms with Crippen LogP contribution in [0, 0.1) is 6.92 Å². The van der Waals surface area contributed by atoms with E-state index in [1.54, 1.807) is 19.1 Å². The van der Waals surface area contributed by atoms with Crippen molar-refractivity contribution in [2.24, 2.45) is 0 Å². The SMILES string of the molecule is C=C(C)C(=O)NCC[N+](C)(C)Cc1ccccc1.Cc1ccc(S(=O)(=O)[O-])cc1. The zero-order valence-electron chi connectivity index (χ0n) is 17.5. The zero-order valence-corrected chi connectivity index (χ0v) is 18.3. The quantitative estimate of drug-likeness (QED) is 0.426. The van der Waals surface area contributed by atoms with Gasteiger partial charge < -0.3 is 14.4 Å². The smallest absolute Gasteiger partial charge is 0.246 e. The van der Waals surface area contributed by atoms with E-state index in [9.17, 15) is 17.8 Å². The Balaban J connectivity index is 0.000000326. The van der Waals surface area contributed by atoms with Gasteiger partial charge in [0.2, 0.25) is 5.91 Å². The van der Waals surface area contributed by atoms with Crippen LogP contribution in [0.5, 0.6) is 0 Å². The van der Waals surface area contributed by atoms with E-state index in [1.165, 1.54) is 17.7 Å². The van der Waals surface area contributed by atoms with E-state index in [1.807, 2.05) is 13.0 Å². The Morgan fingerprint density at radius 1 is 1.07 bits per heavy atom. The number of likely N-dealkylation sites (N-methyl/N-ethyl adjacent to an activating group) is 1. The first-order valence-electron chi connectivity index (χ1n) is 9.23. The number of nitrogens with one attached hydrogen (secondary N) is 1. The molecule has 29 heavy (non-hydrogen) atoms. The third-order valence-corrected chi connectivity index (χ3v) is 5.00. The fourth-order valence-corrected chi connectivity index (χ4v) is 2.95. The molecular weight excluding hydrogens is 388 g/mol. The minimum Gasteiger partial charge on any atom is -0.744 e. The van der Waals surface area contributed by atoms with Gasteiger partial charge in [0.05, 0.1) is 32.1 Å². The second-order valence-electron chi connectivity index (χ2n) is 7.61. The molecule has 0 aliphatic carbocycles. The van der Waals surface area contributed by atoms with Crippen molar-refractivity contribution in [1.82, 2.24) is 5.32 Å². The molecule has 158 valence electrons.